The second-order valence-electron chi connectivity index (χ2n) is 6.32. The maximum Gasteiger partial charge on any atom is 0.228 e. The average Bonchev–Trinajstić information content (AvgIpc) is 2.34. The lowest BCUT2D eigenvalue weighted by Gasteiger charge is -2.27. The van der Waals surface area contributed by atoms with Gasteiger partial charge in [0.25, 0.3) is 0 Å². The lowest BCUT2D eigenvalue weighted by atomic mass is 9.90. The predicted octanol–water partition coefficient (Wildman–Crippen LogP) is 3.48. The fourth-order valence-corrected chi connectivity index (χ4v) is 1.96. The molecule has 1 aliphatic rings. The molecule has 0 radical (unpaired) electrons. The predicted molar refractivity (Wildman–Crippen MR) is 81.6 cm³/mol. The monoisotopic (exact) mass is 292 g/mol. The van der Waals surface area contributed by atoms with Gasteiger partial charge in [-0.1, -0.05) is 11.6 Å². The van der Waals surface area contributed by atoms with Crippen molar-refractivity contribution in [2.75, 3.05) is 7.11 Å². The zero-order valence-electron chi connectivity index (χ0n) is 13.9. The number of allylic oxidation sites excluding steroid dienone is 4. The Morgan fingerprint density at radius 2 is 1.67 bits per heavy atom. The van der Waals surface area contributed by atoms with Crippen molar-refractivity contribution in [3.63, 3.8) is 0 Å². The molecule has 0 bridgehead atoms. The third-order valence-corrected chi connectivity index (χ3v) is 3.01. The molecule has 0 fully saturated rings. The van der Waals surface area contributed by atoms with Crippen LogP contribution in [0.25, 0.3) is 0 Å². The molecule has 0 aromatic heterocycles. The Bertz CT molecular complexity index is 550. The van der Waals surface area contributed by atoms with Crippen LogP contribution in [0.4, 0.5) is 0 Å². The molecule has 0 spiro atoms. The average molecular weight is 292 g/mol. The highest BCUT2D eigenvalue weighted by atomic mass is 16.5. The molecule has 0 aromatic rings. The van der Waals surface area contributed by atoms with E-state index in [0.717, 1.165) is 5.57 Å². The molecular formula is C17H24O4. The Hall–Kier alpha value is -1.84. The standard InChI is InChI=1S/C17H24O4/c1-10(2)8-9-12-11(3)13(18)16(21-17(4,5)6)15(20-7)14(12)19/h8H,9H2,1-7H3. The first-order chi connectivity index (χ1) is 9.58. The van der Waals surface area contributed by atoms with Crippen molar-refractivity contribution in [2.24, 2.45) is 0 Å². The third kappa shape index (κ3) is 4.06. The van der Waals surface area contributed by atoms with Crippen molar-refractivity contribution >= 4 is 11.6 Å². The molecule has 0 unspecified atom stereocenters. The van der Waals surface area contributed by atoms with Crippen LogP contribution in [0.1, 0.15) is 48.0 Å². The van der Waals surface area contributed by atoms with Crippen LogP contribution >= 0.6 is 0 Å². The molecule has 0 aromatic carbocycles. The van der Waals surface area contributed by atoms with E-state index in [-0.39, 0.29) is 23.1 Å². The van der Waals surface area contributed by atoms with Crippen LogP contribution in [0.2, 0.25) is 0 Å². The number of carbonyl (C=O) groups is 2. The van der Waals surface area contributed by atoms with Crippen molar-refractivity contribution in [1.29, 1.82) is 0 Å². The number of hydrogen-bond acceptors (Lipinski definition) is 4. The van der Waals surface area contributed by atoms with Gasteiger partial charge in [-0.3, -0.25) is 9.59 Å². The molecule has 0 heterocycles. The number of Topliss-reactive ketones (excluding diaryl/α,β-unsaturated/α-hetero) is 2. The summed E-state index contributed by atoms with van der Waals surface area (Å²) in [6.45, 7) is 11.0. The maximum absolute atomic E-state index is 12.5. The first-order valence-corrected chi connectivity index (χ1v) is 6.98. The highest BCUT2D eigenvalue weighted by Crippen LogP contribution is 2.30. The van der Waals surface area contributed by atoms with Gasteiger partial charge in [0.15, 0.2) is 0 Å². The summed E-state index contributed by atoms with van der Waals surface area (Å²) in [6.07, 6.45) is 2.35. The van der Waals surface area contributed by atoms with Gasteiger partial charge in [-0.2, -0.15) is 0 Å². The van der Waals surface area contributed by atoms with Crippen LogP contribution in [-0.4, -0.2) is 24.3 Å². The smallest absolute Gasteiger partial charge is 0.228 e. The molecule has 0 saturated heterocycles. The van der Waals surface area contributed by atoms with Gasteiger partial charge < -0.3 is 9.47 Å². The van der Waals surface area contributed by atoms with Crippen LogP contribution in [0.15, 0.2) is 34.3 Å². The van der Waals surface area contributed by atoms with E-state index in [1.807, 2.05) is 40.7 Å². The van der Waals surface area contributed by atoms with E-state index in [1.165, 1.54) is 7.11 Å². The fourth-order valence-electron chi connectivity index (χ4n) is 1.96. The zero-order chi connectivity index (χ0) is 16.4. The van der Waals surface area contributed by atoms with E-state index in [4.69, 9.17) is 9.47 Å². The quantitative estimate of drug-likeness (QED) is 0.588. The van der Waals surface area contributed by atoms with Crippen LogP contribution in [0.3, 0.4) is 0 Å². The molecule has 4 nitrogen and oxygen atoms in total. The summed E-state index contributed by atoms with van der Waals surface area (Å²) in [7, 11) is 1.38. The van der Waals surface area contributed by atoms with Gasteiger partial charge in [-0.05, 0) is 48.0 Å². The largest absolute Gasteiger partial charge is 0.489 e. The van der Waals surface area contributed by atoms with Crippen LogP contribution in [-0.2, 0) is 19.1 Å². The highest BCUT2D eigenvalue weighted by Gasteiger charge is 2.36. The van der Waals surface area contributed by atoms with Crippen LogP contribution < -0.4 is 0 Å². The molecule has 0 atom stereocenters. The SMILES string of the molecule is COC1=C(OC(C)(C)C)C(=O)C(C)=C(CC=C(C)C)C1=O. The molecule has 4 heteroatoms. The summed E-state index contributed by atoms with van der Waals surface area (Å²) < 4.78 is 10.8. The summed E-state index contributed by atoms with van der Waals surface area (Å²) in [5.74, 6) is -0.545. The van der Waals surface area contributed by atoms with Gasteiger partial charge in [0.2, 0.25) is 23.1 Å². The van der Waals surface area contributed by atoms with Gasteiger partial charge in [0.1, 0.15) is 5.60 Å². The Labute approximate surface area is 126 Å². The molecule has 0 N–H and O–H groups in total. The number of rotatable bonds is 4. The second-order valence-corrected chi connectivity index (χ2v) is 6.32. The van der Waals surface area contributed by atoms with Crippen molar-refractivity contribution in [2.45, 2.75) is 53.6 Å². The molecule has 0 amide bonds. The van der Waals surface area contributed by atoms with Crippen LogP contribution in [0.5, 0.6) is 0 Å². The van der Waals surface area contributed by atoms with E-state index in [1.54, 1.807) is 6.92 Å². The molecule has 116 valence electrons. The van der Waals surface area contributed by atoms with Gasteiger partial charge >= 0.3 is 0 Å². The van der Waals surface area contributed by atoms with Crippen molar-refractivity contribution in [1.82, 2.24) is 0 Å². The Morgan fingerprint density at radius 3 is 2.10 bits per heavy atom. The molecule has 1 aliphatic carbocycles. The first-order valence-electron chi connectivity index (χ1n) is 6.98. The number of methoxy groups -OCH3 is 1. The zero-order valence-corrected chi connectivity index (χ0v) is 13.9. The summed E-state index contributed by atoms with van der Waals surface area (Å²) in [5.41, 5.74) is 1.42. The first kappa shape index (κ1) is 17.2. The minimum Gasteiger partial charge on any atom is -0.489 e. The molecule has 21 heavy (non-hydrogen) atoms. The summed E-state index contributed by atoms with van der Waals surface area (Å²) in [6, 6.07) is 0. The molecule has 0 saturated carbocycles. The number of carbonyl (C=O) groups excluding carboxylic acids is 2. The molecule has 0 aliphatic heterocycles. The van der Waals surface area contributed by atoms with E-state index in [9.17, 15) is 9.59 Å². The fraction of sp³-hybridized carbons (Fsp3) is 0.529. The summed E-state index contributed by atoms with van der Waals surface area (Å²) in [5, 5.41) is 0. The second kappa shape index (κ2) is 6.29. The minimum absolute atomic E-state index is 0.00215. The molecular weight excluding hydrogens is 268 g/mol. The van der Waals surface area contributed by atoms with Crippen molar-refractivity contribution < 1.29 is 19.1 Å². The number of ether oxygens (including phenoxy) is 2. The highest BCUT2D eigenvalue weighted by molar-refractivity contribution is 6.23. The van der Waals surface area contributed by atoms with E-state index >= 15 is 0 Å². The summed E-state index contributed by atoms with van der Waals surface area (Å²) >= 11 is 0. The number of hydrogen-bond donors (Lipinski definition) is 0. The van der Waals surface area contributed by atoms with Crippen LogP contribution in [0, 0.1) is 0 Å². The Morgan fingerprint density at radius 1 is 1.10 bits per heavy atom. The topological polar surface area (TPSA) is 52.6 Å². The lowest BCUT2D eigenvalue weighted by molar-refractivity contribution is -0.123. The van der Waals surface area contributed by atoms with E-state index in [2.05, 4.69) is 0 Å². The molecule has 1 rings (SSSR count). The van der Waals surface area contributed by atoms with Gasteiger partial charge in [0, 0.05) is 11.1 Å². The maximum atomic E-state index is 12.5. The normalized spacial score (nSPS) is 16.3. The van der Waals surface area contributed by atoms with Gasteiger partial charge in [0.05, 0.1) is 7.11 Å². The lowest BCUT2D eigenvalue weighted by Crippen LogP contribution is -2.30. The Balaban J connectivity index is 3.27. The van der Waals surface area contributed by atoms with E-state index in [0.29, 0.717) is 17.6 Å². The number of ketones is 2. The van der Waals surface area contributed by atoms with Gasteiger partial charge in [-0.15, -0.1) is 0 Å². The minimum atomic E-state index is -0.577. The van der Waals surface area contributed by atoms with Gasteiger partial charge in [-0.25, -0.2) is 0 Å². The van der Waals surface area contributed by atoms with E-state index < -0.39 is 5.60 Å². The summed E-state index contributed by atoms with van der Waals surface area (Å²) in [4.78, 5) is 25.0. The Kier molecular flexibility index (Phi) is 5.15. The third-order valence-electron chi connectivity index (χ3n) is 3.01. The van der Waals surface area contributed by atoms with Crippen molar-refractivity contribution in [3.05, 3.63) is 34.3 Å². The van der Waals surface area contributed by atoms with Crippen molar-refractivity contribution in [3.8, 4) is 0 Å².